The molecule has 0 heterocycles. The molecule has 0 bridgehead atoms. The molecule has 0 saturated carbocycles. The highest BCUT2D eigenvalue weighted by atomic mass is 16.2. The molecule has 0 rings (SSSR count). The van der Waals surface area contributed by atoms with Crippen molar-refractivity contribution in [2.75, 3.05) is 0 Å². The Hall–Kier alpha value is -2.18. The van der Waals surface area contributed by atoms with Gasteiger partial charge in [0, 0.05) is 43.9 Å². The van der Waals surface area contributed by atoms with E-state index in [1.54, 1.807) is 0 Å². The van der Waals surface area contributed by atoms with Crippen LogP contribution < -0.4 is 5.32 Å². The smallest absolute Gasteiger partial charge is 0.220 e. The van der Waals surface area contributed by atoms with Crippen molar-refractivity contribution in [3.8, 4) is 0 Å². The predicted molar refractivity (Wildman–Crippen MR) is 109 cm³/mol. The summed E-state index contributed by atoms with van der Waals surface area (Å²) in [6, 6.07) is -0.757. The Bertz CT molecular complexity index is 623. The molecule has 0 aliphatic carbocycles. The molecular weight excluding hydrogens is 374 g/mol. The standard InChI is InChI=1S/C22H35NO6/c1-14(2)21(28)8-6-7-9-22(29)23-20(17(5)26)11-10-19(27)13-18(16(4)25)12-15(3)24/h14,18,20H,6-13H2,1-5H3,(H,23,29)/t18-,20+/m1/s1. The average Bonchev–Trinajstić information content (AvgIpc) is 2.60. The molecule has 7 heteroatoms. The van der Waals surface area contributed by atoms with Gasteiger partial charge in [-0.25, -0.2) is 0 Å². The maximum Gasteiger partial charge on any atom is 0.220 e. The number of ketones is 5. The van der Waals surface area contributed by atoms with E-state index < -0.39 is 12.0 Å². The number of rotatable bonds is 16. The number of nitrogens with one attached hydrogen (secondary N) is 1. The van der Waals surface area contributed by atoms with E-state index in [9.17, 15) is 28.8 Å². The van der Waals surface area contributed by atoms with Crippen LogP contribution in [0.3, 0.4) is 0 Å². The Labute approximate surface area is 173 Å². The maximum atomic E-state index is 12.2. The van der Waals surface area contributed by atoms with E-state index in [-0.39, 0.29) is 72.8 Å². The second-order valence-corrected chi connectivity index (χ2v) is 8.05. The van der Waals surface area contributed by atoms with Crippen molar-refractivity contribution in [3.05, 3.63) is 0 Å². The van der Waals surface area contributed by atoms with Crippen LogP contribution in [0.2, 0.25) is 0 Å². The minimum Gasteiger partial charge on any atom is -0.346 e. The van der Waals surface area contributed by atoms with Gasteiger partial charge in [-0.15, -0.1) is 0 Å². The summed E-state index contributed by atoms with van der Waals surface area (Å²) in [7, 11) is 0. The quantitative estimate of drug-likeness (QED) is 0.392. The minimum absolute atomic E-state index is 0.0125. The highest BCUT2D eigenvalue weighted by molar-refractivity contribution is 5.91. The summed E-state index contributed by atoms with van der Waals surface area (Å²) in [6.45, 7) is 7.76. The van der Waals surface area contributed by atoms with Gasteiger partial charge in [-0.3, -0.25) is 24.0 Å². The van der Waals surface area contributed by atoms with Crippen molar-refractivity contribution in [2.24, 2.45) is 11.8 Å². The van der Waals surface area contributed by atoms with Gasteiger partial charge in [0.05, 0.1) is 6.04 Å². The van der Waals surface area contributed by atoms with Crippen molar-refractivity contribution in [1.29, 1.82) is 0 Å². The summed E-state index contributed by atoms with van der Waals surface area (Å²) in [5, 5.41) is 2.64. The van der Waals surface area contributed by atoms with Gasteiger partial charge < -0.3 is 10.1 Å². The fourth-order valence-corrected chi connectivity index (χ4v) is 2.91. The van der Waals surface area contributed by atoms with E-state index in [0.29, 0.717) is 19.3 Å². The van der Waals surface area contributed by atoms with Crippen LogP contribution in [0.5, 0.6) is 0 Å². The number of carbonyl (C=O) groups is 6. The minimum atomic E-state index is -0.757. The summed E-state index contributed by atoms with van der Waals surface area (Å²) in [4.78, 5) is 70.4. The lowest BCUT2D eigenvalue weighted by atomic mass is 9.91. The van der Waals surface area contributed by atoms with Gasteiger partial charge in [0.25, 0.3) is 0 Å². The Morgan fingerprint density at radius 1 is 0.759 bits per heavy atom. The second kappa shape index (κ2) is 13.9. The first-order valence-corrected chi connectivity index (χ1v) is 10.3. The van der Waals surface area contributed by atoms with E-state index >= 15 is 0 Å². The Balaban J connectivity index is 4.43. The van der Waals surface area contributed by atoms with Crippen molar-refractivity contribution in [1.82, 2.24) is 5.32 Å². The first kappa shape index (κ1) is 26.8. The summed E-state index contributed by atoms with van der Waals surface area (Å²) in [5.74, 6) is -1.57. The third-order valence-corrected chi connectivity index (χ3v) is 4.84. The molecule has 0 fully saturated rings. The van der Waals surface area contributed by atoms with Gasteiger partial charge in [-0.05, 0) is 40.0 Å². The third-order valence-electron chi connectivity index (χ3n) is 4.84. The van der Waals surface area contributed by atoms with Crippen LogP contribution in [0.15, 0.2) is 0 Å². The van der Waals surface area contributed by atoms with E-state index in [2.05, 4.69) is 5.32 Å². The number of hydrogen-bond acceptors (Lipinski definition) is 6. The zero-order valence-corrected chi connectivity index (χ0v) is 18.3. The molecule has 0 spiro atoms. The zero-order chi connectivity index (χ0) is 22.6. The summed E-state index contributed by atoms with van der Waals surface area (Å²) in [5.41, 5.74) is 0. The van der Waals surface area contributed by atoms with E-state index in [1.165, 1.54) is 20.8 Å². The number of Topliss-reactive ketones (excluding diaryl/α,β-unsaturated/α-hetero) is 5. The first-order chi connectivity index (χ1) is 13.4. The largest absolute Gasteiger partial charge is 0.346 e. The van der Waals surface area contributed by atoms with Crippen LogP contribution in [-0.4, -0.2) is 40.9 Å². The van der Waals surface area contributed by atoms with Gasteiger partial charge in [0.2, 0.25) is 5.91 Å². The monoisotopic (exact) mass is 409 g/mol. The first-order valence-electron chi connectivity index (χ1n) is 10.3. The van der Waals surface area contributed by atoms with Crippen LogP contribution >= 0.6 is 0 Å². The third kappa shape index (κ3) is 12.8. The molecule has 29 heavy (non-hydrogen) atoms. The zero-order valence-electron chi connectivity index (χ0n) is 18.3. The molecule has 1 amide bonds. The van der Waals surface area contributed by atoms with Crippen molar-refractivity contribution in [2.45, 2.75) is 92.0 Å². The Kier molecular flexibility index (Phi) is 12.9. The van der Waals surface area contributed by atoms with E-state index in [1.807, 2.05) is 13.8 Å². The van der Waals surface area contributed by atoms with Crippen LogP contribution in [0.4, 0.5) is 0 Å². The summed E-state index contributed by atoms with van der Waals surface area (Å²) >= 11 is 0. The van der Waals surface area contributed by atoms with Gasteiger partial charge in [-0.2, -0.15) is 0 Å². The molecule has 2 atom stereocenters. The van der Waals surface area contributed by atoms with Gasteiger partial charge in [-0.1, -0.05) is 13.8 Å². The number of unbranched alkanes of at least 4 members (excludes halogenated alkanes) is 1. The molecule has 164 valence electrons. The SMILES string of the molecule is CC(=O)C[C@H](CC(=O)CC[C@H](NC(=O)CCCCC(=O)C(C)C)C(C)=O)C(C)=O. The molecule has 0 saturated heterocycles. The van der Waals surface area contributed by atoms with E-state index in [4.69, 9.17) is 0 Å². The second-order valence-electron chi connectivity index (χ2n) is 8.05. The lowest BCUT2D eigenvalue weighted by Gasteiger charge is -2.16. The molecule has 0 aliphatic rings. The molecule has 0 aromatic heterocycles. The van der Waals surface area contributed by atoms with Gasteiger partial charge in [0.15, 0.2) is 5.78 Å². The Morgan fingerprint density at radius 2 is 1.34 bits per heavy atom. The van der Waals surface area contributed by atoms with Crippen LogP contribution in [-0.2, 0) is 28.8 Å². The molecular formula is C22H35NO6. The molecule has 0 radical (unpaired) electrons. The number of amides is 1. The van der Waals surface area contributed by atoms with Crippen LogP contribution in [0, 0.1) is 11.8 Å². The van der Waals surface area contributed by atoms with Crippen LogP contribution in [0.1, 0.15) is 86.0 Å². The normalized spacial score (nSPS) is 12.9. The topological polar surface area (TPSA) is 114 Å². The number of carbonyl (C=O) groups excluding carboxylic acids is 6. The van der Waals surface area contributed by atoms with Crippen molar-refractivity contribution in [3.63, 3.8) is 0 Å². The summed E-state index contributed by atoms with van der Waals surface area (Å²) < 4.78 is 0. The van der Waals surface area contributed by atoms with Gasteiger partial charge >= 0.3 is 0 Å². The molecule has 0 aromatic carbocycles. The lowest BCUT2D eigenvalue weighted by molar-refractivity contribution is -0.130. The average molecular weight is 410 g/mol. The fraction of sp³-hybridized carbons (Fsp3) is 0.727. The Morgan fingerprint density at radius 3 is 1.83 bits per heavy atom. The molecule has 0 unspecified atom stereocenters. The maximum absolute atomic E-state index is 12.2. The summed E-state index contributed by atoms with van der Waals surface area (Å²) in [6.07, 6.45) is 2.05. The highest BCUT2D eigenvalue weighted by Gasteiger charge is 2.22. The van der Waals surface area contributed by atoms with Gasteiger partial charge in [0.1, 0.15) is 23.1 Å². The molecule has 7 nitrogen and oxygen atoms in total. The predicted octanol–water partition coefficient (Wildman–Crippen LogP) is 2.77. The molecule has 0 aliphatic heterocycles. The lowest BCUT2D eigenvalue weighted by Crippen LogP contribution is -2.40. The van der Waals surface area contributed by atoms with Crippen molar-refractivity contribution < 1.29 is 28.8 Å². The van der Waals surface area contributed by atoms with E-state index in [0.717, 1.165) is 0 Å². The van der Waals surface area contributed by atoms with Crippen molar-refractivity contribution >= 4 is 34.8 Å². The van der Waals surface area contributed by atoms with Crippen LogP contribution in [0.25, 0.3) is 0 Å². The fourth-order valence-electron chi connectivity index (χ4n) is 2.91. The number of hydrogen-bond donors (Lipinski definition) is 1. The molecule has 1 N–H and O–H groups in total. The highest BCUT2D eigenvalue weighted by Crippen LogP contribution is 2.14. The molecule has 0 aromatic rings.